The Bertz CT molecular complexity index is 751. The summed E-state index contributed by atoms with van der Waals surface area (Å²) >= 11 is 0. The van der Waals surface area contributed by atoms with Crippen molar-refractivity contribution in [2.24, 2.45) is 5.73 Å². The van der Waals surface area contributed by atoms with Crippen molar-refractivity contribution in [2.45, 2.75) is 39.6 Å². The Morgan fingerprint density at radius 1 is 1.32 bits per heavy atom. The zero-order chi connectivity index (χ0) is 21.5. The van der Waals surface area contributed by atoms with Crippen LogP contribution in [0.2, 0.25) is 0 Å². The highest BCUT2D eigenvalue weighted by Crippen LogP contribution is 2.38. The van der Waals surface area contributed by atoms with Gasteiger partial charge >= 0.3 is 6.36 Å². The van der Waals surface area contributed by atoms with E-state index in [-0.39, 0.29) is 5.56 Å². The Balaban J connectivity index is 3.39. The molecule has 0 aromatic heterocycles. The van der Waals surface area contributed by atoms with Crippen LogP contribution in [0.1, 0.15) is 38.8 Å². The summed E-state index contributed by atoms with van der Waals surface area (Å²) < 4.78 is 55.6. The molecule has 1 unspecified atom stereocenters. The summed E-state index contributed by atoms with van der Waals surface area (Å²) in [5, 5.41) is 10.3. The molecule has 0 amide bonds. The third-order valence-electron chi connectivity index (χ3n) is 3.96. The van der Waals surface area contributed by atoms with E-state index in [2.05, 4.69) is 4.74 Å². The van der Waals surface area contributed by atoms with Gasteiger partial charge < -0.3 is 15.6 Å². The zero-order valence-corrected chi connectivity index (χ0v) is 16.3. The van der Waals surface area contributed by atoms with Crippen LogP contribution in [0.3, 0.4) is 0 Å². The molecule has 0 aliphatic rings. The molecule has 0 bridgehead atoms. The van der Waals surface area contributed by atoms with Crippen LogP contribution < -0.4 is 10.5 Å². The fourth-order valence-corrected chi connectivity index (χ4v) is 2.63. The molecule has 4 nitrogen and oxygen atoms in total. The van der Waals surface area contributed by atoms with Gasteiger partial charge in [-0.1, -0.05) is 19.1 Å². The van der Waals surface area contributed by atoms with Gasteiger partial charge in [-0.25, -0.2) is 4.39 Å². The third kappa shape index (κ3) is 7.26. The van der Waals surface area contributed by atoms with Crippen molar-refractivity contribution in [3.8, 4) is 11.5 Å². The van der Waals surface area contributed by atoms with Crippen LogP contribution in [0, 0.1) is 0 Å². The van der Waals surface area contributed by atoms with Crippen molar-refractivity contribution in [1.82, 2.24) is 4.90 Å². The van der Waals surface area contributed by atoms with Crippen molar-refractivity contribution >= 4 is 0 Å². The Kier molecular flexibility index (Phi) is 8.56. The van der Waals surface area contributed by atoms with E-state index < -0.39 is 29.7 Å². The second-order valence-corrected chi connectivity index (χ2v) is 6.40. The number of halogens is 4. The summed E-state index contributed by atoms with van der Waals surface area (Å²) in [6.45, 7) is 5.48. The van der Waals surface area contributed by atoms with Crippen LogP contribution in [-0.4, -0.2) is 30.0 Å². The predicted octanol–water partition coefficient (Wildman–Crippen LogP) is 5.34. The molecule has 0 heterocycles. The van der Waals surface area contributed by atoms with Gasteiger partial charge in [0, 0.05) is 23.9 Å². The lowest BCUT2D eigenvalue weighted by atomic mass is 9.96. The topological polar surface area (TPSA) is 58.7 Å². The molecule has 0 aliphatic carbocycles. The summed E-state index contributed by atoms with van der Waals surface area (Å²) in [5.41, 5.74) is 6.77. The van der Waals surface area contributed by atoms with Gasteiger partial charge in [0.05, 0.1) is 6.04 Å². The standard InChI is InChI=1S/C20H26F4N2O2/c1-5-6-7-17(21)14(3)19(26(4)11-10-13(2)25)16-9-8-15(12-18(16)27)28-20(22,23)24/h6-10,12,19,27H,5,11,25H2,1-4H3/b7-6-,13-10+,17-14-. The minimum Gasteiger partial charge on any atom is -0.507 e. The van der Waals surface area contributed by atoms with Gasteiger partial charge in [0.25, 0.3) is 0 Å². The number of nitrogens with zero attached hydrogens (tertiary/aromatic N) is 1. The number of phenols is 1. The molecule has 0 saturated heterocycles. The lowest BCUT2D eigenvalue weighted by molar-refractivity contribution is -0.274. The summed E-state index contributed by atoms with van der Waals surface area (Å²) in [7, 11) is 1.70. The number of hydrogen-bond acceptors (Lipinski definition) is 4. The number of likely N-dealkylation sites (N-methyl/N-ethyl adjacent to an activating group) is 1. The quantitative estimate of drug-likeness (QED) is 0.455. The van der Waals surface area contributed by atoms with E-state index >= 15 is 0 Å². The van der Waals surface area contributed by atoms with Crippen molar-refractivity contribution in [2.75, 3.05) is 13.6 Å². The second kappa shape index (κ2) is 10.2. The molecular formula is C20H26F4N2O2. The third-order valence-corrected chi connectivity index (χ3v) is 3.96. The molecule has 28 heavy (non-hydrogen) atoms. The molecule has 0 radical (unpaired) electrons. The zero-order valence-electron chi connectivity index (χ0n) is 16.3. The Hall–Kier alpha value is -2.48. The van der Waals surface area contributed by atoms with Crippen LogP contribution in [0.5, 0.6) is 11.5 Å². The first-order valence-corrected chi connectivity index (χ1v) is 8.70. The Labute approximate surface area is 162 Å². The van der Waals surface area contributed by atoms with Crippen LogP contribution in [0.4, 0.5) is 17.6 Å². The molecule has 0 aliphatic heterocycles. The van der Waals surface area contributed by atoms with Crippen LogP contribution >= 0.6 is 0 Å². The number of alkyl halides is 3. The minimum atomic E-state index is -4.87. The lowest BCUT2D eigenvalue weighted by Crippen LogP contribution is -2.27. The molecule has 0 saturated carbocycles. The first kappa shape index (κ1) is 23.6. The molecule has 1 aromatic rings. The van der Waals surface area contributed by atoms with E-state index in [9.17, 15) is 22.7 Å². The number of allylic oxidation sites excluding steroid dienone is 4. The number of ether oxygens (including phenoxy) is 1. The highest BCUT2D eigenvalue weighted by atomic mass is 19.4. The maximum absolute atomic E-state index is 14.6. The molecule has 8 heteroatoms. The maximum Gasteiger partial charge on any atom is 0.573 e. The Morgan fingerprint density at radius 2 is 1.96 bits per heavy atom. The van der Waals surface area contributed by atoms with Gasteiger partial charge in [0.15, 0.2) is 0 Å². The summed E-state index contributed by atoms with van der Waals surface area (Å²) in [4.78, 5) is 1.73. The van der Waals surface area contributed by atoms with Gasteiger partial charge in [0.1, 0.15) is 17.3 Å². The molecular weight excluding hydrogens is 376 g/mol. The fraction of sp³-hybridized carbons (Fsp3) is 0.400. The molecule has 1 aromatic carbocycles. The van der Waals surface area contributed by atoms with E-state index in [1.165, 1.54) is 12.1 Å². The van der Waals surface area contributed by atoms with Gasteiger partial charge in [-0.15, -0.1) is 13.2 Å². The second-order valence-electron chi connectivity index (χ2n) is 6.40. The summed E-state index contributed by atoms with van der Waals surface area (Å²) in [6, 6.07) is 2.51. The Morgan fingerprint density at radius 3 is 2.46 bits per heavy atom. The van der Waals surface area contributed by atoms with Crippen molar-refractivity contribution in [1.29, 1.82) is 0 Å². The number of hydrogen-bond donors (Lipinski definition) is 2. The van der Waals surface area contributed by atoms with Gasteiger partial charge in [-0.3, -0.25) is 4.90 Å². The summed E-state index contributed by atoms with van der Waals surface area (Å²) in [6.07, 6.45) is 0.474. The largest absolute Gasteiger partial charge is 0.573 e. The smallest absolute Gasteiger partial charge is 0.507 e. The normalized spacial score (nSPS) is 15.1. The molecule has 0 fully saturated rings. The average Bonchev–Trinajstić information content (AvgIpc) is 2.58. The maximum atomic E-state index is 14.6. The van der Waals surface area contributed by atoms with Crippen molar-refractivity contribution in [3.05, 3.63) is 59.1 Å². The minimum absolute atomic E-state index is 0.248. The van der Waals surface area contributed by atoms with E-state index in [1.54, 1.807) is 37.9 Å². The van der Waals surface area contributed by atoms with Crippen LogP contribution in [-0.2, 0) is 0 Å². The highest BCUT2D eigenvalue weighted by molar-refractivity contribution is 5.45. The lowest BCUT2D eigenvalue weighted by Gasteiger charge is -2.29. The number of nitrogens with two attached hydrogens (primary N) is 1. The van der Waals surface area contributed by atoms with Crippen LogP contribution in [0.15, 0.2) is 53.5 Å². The van der Waals surface area contributed by atoms with E-state index in [1.807, 2.05) is 6.92 Å². The molecule has 3 N–H and O–H groups in total. The number of phenolic OH excluding ortho intramolecular Hbond substituents is 1. The predicted molar refractivity (Wildman–Crippen MR) is 101 cm³/mol. The van der Waals surface area contributed by atoms with Gasteiger partial charge in [-0.05, 0) is 51.1 Å². The van der Waals surface area contributed by atoms with E-state index in [0.29, 0.717) is 24.2 Å². The van der Waals surface area contributed by atoms with Crippen molar-refractivity contribution < 1.29 is 27.4 Å². The number of aromatic hydroxyl groups is 1. The first-order valence-electron chi connectivity index (χ1n) is 8.70. The van der Waals surface area contributed by atoms with Gasteiger partial charge in [0.2, 0.25) is 0 Å². The molecule has 156 valence electrons. The van der Waals surface area contributed by atoms with E-state index in [0.717, 1.165) is 12.1 Å². The monoisotopic (exact) mass is 402 g/mol. The molecule has 1 rings (SSSR count). The average molecular weight is 402 g/mol. The molecule has 0 spiro atoms. The number of benzene rings is 1. The van der Waals surface area contributed by atoms with Crippen molar-refractivity contribution in [3.63, 3.8) is 0 Å². The first-order chi connectivity index (χ1) is 13.0. The summed E-state index contributed by atoms with van der Waals surface area (Å²) in [5.74, 6) is -1.47. The van der Waals surface area contributed by atoms with E-state index in [4.69, 9.17) is 5.73 Å². The fourth-order valence-electron chi connectivity index (χ4n) is 2.63. The SMILES string of the molecule is CC/C=C\C(F)=C(/C)C(c1ccc(OC(F)(F)F)cc1O)N(C)C/C=C(\C)N. The van der Waals surface area contributed by atoms with Crippen LogP contribution in [0.25, 0.3) is 0 Å². The van der Waals surface area contributed by atoms with Gasteiger partial charge in [-0.2, -0.15) is 0 Å². The number of rotatable bonds is 8. The highest BCUT2D eigenvalue weighted by Gasteiger charge is 2.32. The molecule has 1 atom stereocenters.